The second-order valence-corrected chi connectivity index (χ2v) is 6.94. The highest BCUT2D eigenvalue weighted by atomic mass is 16.2. The Morgan fingerprint density at radius 1 is 1.26 bits per heavy atom. The van der Waals surface area contributed by atoms with Gasteiger partial charge in [0, 0.05) is 30.8 Å². The van der Waals surface area contributed by atoms with Crippen LogP contribution in [0.4, 0.5) is 0 Å². The lowest BCUT2D eigenvalue weighted by Crippen LogP contribution is -2.36. The third-order valence-electron chi connectivity index (χ3n) is 6.18. The van der Waals surface area contributed by atoms with E-state index < -0.39 is 0 Å². The Morgan fingerprint density at radius 2 is 1.84 bits per heavy atom. The summed E-state index contributed by atoms with van der Waals surface area (Å²) < 4.78 is 0. The van der Waals surface area contributed by atoms with Crippen molar-refractivity contribution in [3.8, 4) is 0 Å². The zero-order chi connectivity index (χ0) is 14.4. The fraction of sp³-hybridized carbons (Fsp3) is 0.875. The van der Waals surface area contributed by atoms with Crippen molar-refractivity contribution in [2.75, 3.05) is 13.1 Å². The molecule has 2 aliphatic rings. The summed E-state index contributed by atoms with van der Waals surface area (Å²) in [6, 6.07) is 0. The van der Waals surface area contributed by atoms with E-state index in [4.69, 9.17) is 0 Å². The van der Waals surface area contributed by atoms with Gasteiger partial charge in [0.15, 0.2) is 0 Å². The molecule has 3 atom stereocenters. The van der Waals surface area contributed by atoms with E-state index in [1.54, 1.807) is 0 Å². The Labute approximate surface area is 116 Å². The first-order valence-electron chi connectivity index (χ1n) is 7.61. The summed E-state index contributed by atoms with van der Waals surface area (Å²) in [6.07, 6.45) is 2.52. The van der Waals surface area contributed by atoms with Crippen LogP contribution in [-0.2, 0) is 9.59 Å². The zero-order valence-corrected chi connectivity index (χ0v) is 13.0. The van der Waals surface area contributed by atoms with E-state index in [0.717, 1.165) is 25.9 Å². The summed E-state index contributed by atoms with van der Waals surface area (Å²) in [6.45, 7) is 12.0. The number of carbonyl (C=O) groups is 2. The average molecular weight is 265 g/mol. The second kappa shape index (κ2) is 4.60. The summed E-state index contributed by atoms with van der Waals surface area (Å²) in [7, 11) is 0. The monoisotopic (exact) mass is 265 g/mol. The summed E-state index contributed by atoms with van der Waals surface area (Å²) in [4.78, 5) is 26.8. The molecule has 19 heavy (non-hydrogen) atoms. The van der Waals surface area contributed by atoms with Gasteiger partial charge >= 0.3 is 0 Å². The van der Waals surface area contributed by atoms with Crippen molar-refractivity contribution < 1.29 is 9.59 Å². The number of ketones is 1. The summed E-state index contributed by atoms with van der Waals surface area (Å²) in [5.74, 6) is 0.843. The van der Waals surface area contributed by atoms with Crippen molar-refractivity contribution in [1.82, 2.24) is 4.90 Å². The summed E-state index contributed by atoms with van der Waals surface area (Å²) in [5, 5.41) is 0. The molecule has 0 aromatic carbocycles. The summed E-state index contributed by atoms with van der Waals surface area (Å²) >= 11 is 0. The molecule has 3 heteroatoms. The molecule has 2 rings (SSSR count). The van der Waals surface area contributed by atoms with Crippen molar-refractivity contribution >= 4 is 11.7 Å². The van der Waals surface area contributed by atoms with Crippen LogP contribution >= 0.6 is 0 Å². The maximum atomic E-state index is 12.7. The molecular formula is C16H27NO2. The number of hydrogen-bond acceptors (Lipinski definition) is 2. The van der Waals surface area contributed by atoms with Crippen molar-refractivity contribution in [2.24, 2.45) is 22.7 Å². The van der Waals surface area contributed by atoms with E-state index in [0.29, 0.717) is 18.1 Å². The molecular weight excluding hydrogens is 238 g/mol. The van der Waals surface area contributed by atoms with Gasteiger partial charge in [0.25, 0.3) is 0 Å². The largest absolute Gasteiger partial charge is 0.343 e. The zero-order valence-electron chi connectivity index (χ0n) is 13.0. The van der Waals surface area contributed by atoms with Crippen molar-refractivity contribution in [3.63, 3.8) is 0 Å². The predicted octanol–water partition coefficient (Wildman–Crippen LogP) is 2.89. The van der Waals surface area contributed by atoms with E-state index >= 15 is 0 Å². The molecule has 2 fully saturated rings. The minimum atomic E-state index is -0.203. The minimum absolute atomic E-state index is 0.0400. The molecule has 0 aliphatic heterocycles. The lowest BCUT2D eigenvalue weighted by atomic mass is 9.70. The first-order valence-corrected chi connectivity index (χ1v) is 7.61. The maximum Gasteiger partial charge on any atom is 0.223 e. The van der Waals surface area contributed by atoms with Crippen LogP contribution < -0.4 is 0 Å². The molecule has 0 spiro atoms. The SMILES string of the molecule is CCN(CC)C(=O)C[C@@H]1C(=O)[C@@]2(C)CC[C@H]1C2(C)C. The molecule has 0 saturated heterocycles. The van der Waals surface area contributed by atoms with Gasteiger partial charge < -0.3 is 4.90 Å². The first-order chi connectivity index (χ1) is 8.79. The van der Waals surface area contributed by atoms with E-state index in [1.807, 2.05) is 18.7 Å². The van der Waals surface area contributed by atoms with Gasteiger partial charge in [-0.2, -0.15) is 0 Å². The Bertz CT molecular complexity index is 398. The quantitative estimate of drug-likeness (QED) is 0.784. The van der Waals surface area contributed by atoms with Gasteiger partial charge in [0.2, 0.25) is 5.91 Å². The van der Waals surface area contributed by atoms with E-state index in [1.165, 1.54) is 0 Å². The molecule has 1 amide bonds. The van der Waals surface area contributed by atoms with Crippen LogP contribution in [0, 0.1) is 22.7 Å². The number of rotatable bonds is 4. The summed E-state index contributed by atoms with van der Waals surface area (Å²) in [5.41, 5.74) is -0.149. The molecule has 108 valence electrons. The molecule has 3 nitrogen and oxygen atoms in total. The Hall–Kier alpha value is -0.860. The first kappa shape index (κ1) is 14.5. The lowest BCUT2D eigenvalue weighted by Gasteiger charge is -2.32. The lowest BCUT2D eigenvalue weighted by molar-refractivity contribution is -0.138. The normalized spacial score (nSPS) is 35.7. The molecule has 0 radical (unpaired) electrons. The molecule has 2 bridgehead atoms. The Balaban J connectivity index is 2.16. The predicted molar refractivity (Wildman–Crippen MR) is 75.7 cm³/mol. The highest BCUT2D eigenvalue weighted by Gasteiger charge is 2.66. The highest BCUT2D eigenvalue weighted by Crippen LogP contribution is 2.66. The molecule has 2 aliphatic carbocycles. The van der Waals surface area contributed by atoms with Gasteiger partial charge in [-0.15, -0.1) is 0 Å². The van der Waals surface area contributed by atoms with Crippen LogP contribution in [0.5, 0.6) is 0 Å². The number of nitrogens with zero attached hydrogens (tertiary/aromatic N) is 1. The smallest absolute Gasteiger partial charge is 0.223 e. The van der Waals surface area contributed by atoms with Gasteiger partial charge in [0.1, 0.15) is 5.78 Å². The van der Waals surface area contributed by atoms with E-state index in [9.17, 15) is 9.59 Å². The van der Waals surface area contributed by atoms with Gasteiger partial charge in [-0.05, 0) is 38.0 Å². The molecule has 0 heterocycles. The fourth-order valence-electron chi connectivity index (χ4n) is 4.40. The van der Waals surface area contributed by atoms with E-state index in [2.05, 4.69) is 20.8 Å². The van der Waals surface area contributed by atoms with Gasteiger partial charge in [-0.3, -0.25) is 9.59 Å². The fourth-order valence-corrected chi connectivity index (χ4v) is 4.40. The number of carbonyl (C=O) groups excluding carboxylic acids is 2. The molecule has 0 unspecified atom stereocenters. The Kier molecular flexibility index (Phi) is 3.53. The molecule has 0 N–H and O–H groups in total. The third-order valence-corrected chi connectivity index (χ3v) is 6.18. The molecule has 2 saturated carbocycles. The van der Waals surface area contributed by atoms with E-state index in [-0.39, 0.29) is 22.7 Å². The van der Waals surface area contributed by atoms with Gasteiger partial charge in [-0.1, -0.05) is 20.8 Å². The van der Waals surface area contributed by atoms with Crippen molar-refractivity contribution in [1.29, 1.82) is 0 Å². The second-order valence-electron chi connectivity index (χ2n) is 6.94. The van der Waals surface area contributed by atoms with Gasteiger partial charge in [-0.25, -0.2) is 0 Å². The maximum absolute atomic E-state index is 12.7. The number of fused-ring (bicyclic) bond motifs is 2. The van der Waals surface area contributed by atoms with Crippen LogP contribution in [0.25, 0.3) is 0 Å². The topological polar surface area (TPSA) is 37.4 Å². The highest BCUT2D eigenvalue weighted by molar-refractivity contribution is 5.94. The third kappa shape index (κ3) is 1.85. The standard InChI is InChI=1S/C16H27NO2/c1-6-17(7-2)13(18)10-11-12-8-9-16(5,14(11)19)15(12,3)4/h11-12H,6-10H2,1-5H3/t11-,12+,16+/m0/s1. The van der Waals surface area contributed by atoms with Crippen LogP contribution in [0.3, 0.4) is 0 Å². The number of hydrogen-bond donors (Lipinski definition) is 0. The van der Waals surface area contributed by atoms with Crippen molar-refractivity contribution in [2.45, 2.75) is 53.9 Å². The van der Waals surface area contributed by atoms with Crippen LogP contribution in [-0.4, -0.2) is 29.7 Å². The van der Waals surface area contributed by atoms with Gasteiger partial charge in [0.05, 0.1) is 0 Å². The van der Waals surface area contributed by atoms with Crippen LogP contribution in [0.15, 0.2) is 0 Å². The Morgan fingerprint density at radius 3 is 2.26 bits per heavy atom. The van der Waals surface area contributed by atoms with Crippen LogP contribution in [0.2, 0.25) is 0 Å². The molecule has 0 aromatic rings. The average Bonchev–Trinajstić information content (AvgIpc) is 2.65. The minimum Gasteiger partial charge on any atom is -0.343 e. The molecule has 0 aromatic heterocycles. The number of amides is 1. The van der Waals surface area contributed by atoms with Crippen molar-refractivity contribution in [3.05, 3.63) is 0 Å². The van der Waals surface area contributed by atoms with Crippen LogP contribution in [0.1, 0.15) is 53.9 Å². The number of Topliss-reactive ketones (excluding diaryl/α,β-unsaturated/α-hetero) is 1.